The largest absolute Gasteiger partial charge is 0.309 e. The molecule has 1 aromatic heterocycles. The molecule has 0 saturated carbocycles. The Hall–Kier alpha value is -0.870. The van der Waals surface area contributed by atoms with Crippen LogP contribution >= 0.6 is 0 Å². The number of nitrogens with zero attached hydrogens (tertiary/aromatic N) is 3. The van der Waals surface area contributed by atoms with Gasteiger partial charge in [-0.1, -0.05) is 0 Å². The molecular formula is C11H22N4. The highest BCUT2D eigenvalue weighted by atomic mass is 15.3. The highest BCUT2D eigenvalue weighted by Crippen LogP contribution is 2.14. The Kier molecular flexibility index (Phi) is 4.29. The minimum atomic E-state index is 0.374. The third-order valence-electron chi connectivity index (χ3n) is 2.53. The van der Waals surface area contributed by atoms with Gasteiger partial charge in [0.15, 0.2) is 0 Å². The summed E-state index contributed by atoms with van der Waals surface area (Å²) < 4.78 is 1.87. The van der Waals surface area contributed by atoms with Crippen LogP contribution in [0, 0.1) is 6.92 Å². The summed E-state index contributed by atoms with van der Waals surface area (Å²) in [7, 11) is 6.13. The highest BCUT2D eigenvalue weighted by Gasteiger charge is 2.10. The van der Waals surface area contributed by atoms with Crippen LogP contribution in [0.3, 0.4) is 0 Å². The summed E-state index contributed by atoms with van der Waals surface area (Å²) in [4.78, 5) is 2.18. The zero-order chi connectivity index (χ0) is 11.4. The predicted octanol–water partition coefficient (Wildman–Crippen LogP) is 0.941. The zero-order valence-corrected chi connectivity index (χ0v) is 10.4. The maximum Gasteiger partial charge on any atom is 0.0641 e. The van der Waals surface area contributed by atoms with E-state index in [0.717, 1.165) is 18.8 Å². The van der Waals surface area contributed by atoms with E-state index in [1.54, 1.807) is 0 Å². The van der Waals surface area contributed by atoms with Crippen molar-refractivity contribution in [3.05, 3.63) is 17.5 Å². The zero-order valence-electron chi connectivity index (χ0n) is 10.4. The molecule has 0 amide bonds. The maximum absolute atomic E-state index is 4.34. The second-order valence-electron chi connectivity index (χ2n) is 4.32. The van der Waals surface area contributed by atoms with Gasteiger partial charge >= 0.3 is 0 Å². The lowest BCUT2D eigenvalue weighted by Crippen LogP contribution is -2.28. The van der Waals surface area contributed by atoms with Gasteiger partial charge in [-0.05, 0) is 27.9 Å². The third-order valence-corrected chi connectivity index (χ3v) is 2.53. The van der Waals surface area contributed by atoms with Gasteiger partial charge in [0, 0.05) is 37.9 Å². The normalized spacial score (nSPS) is 13.5. The molecule has 0 bridgehead atoms. The maximum atomic E-state index is 4.34. The Morgan fingerprint density at radius 3 is 2.67 bits per heavy atom. The van der Waals surface area contributed by atoms with E-state index in [4.69, 9.17) is 0 Å². The van der Waals surface area contributed by atoms with Crippen LogP contribution in [0.1, 0.15) is 24.2 Å². The number of aromatic nitrogens is 2. The summed E-state index contributed by atoms with van der Waals surface area (Å²) in [5.41, 5.74) is 2.40. The molecular weight excluding hydrogens is 188 g/mol. The summed E-state index contributed by atoms with van der Waals surface area (Å²) in [5, 5.41) is 7.83. The van der Waals surface area contributed by atoms with E-state index < -0.39 is 0 Å². The van der Waals surface area contributed by atoms with Crippen LogP contribution in [0.4, 0.5) is 0 Å². The lowest BCUT2D eigenvalue weighted by Gasteiger charge is -2.15. The Morgan fingerprint density at radius 2 is 2.20 bits per heavy atom. The van der Waals surface area contributed by atoms with Gasteiger partial charge in [-0.2, -0.15) is 5.10 Å². The van der Waals surface area contributed by atoms with Crippen molar-refractivity contribution in [1.82, 2.24) is 20.0 Å². The van der Waals surface area contributed by atoms with Crippen molar-refractivity contribution in [3.63, 3.8) is 0 Å². The summed E-state index contributed by atoms with van der Waals surface area (Å²) in [6.07, 6.45) is 2.09. The van der Waals surface area contributed by atoms with E-state index in [2.05, 4.69) is 49.5 Å². The van der Waals surface area contributed by atoms with Crippen LogP contribution in [0.15, 0.2) is 6.20 Å². The SMILES string of the molecule is Cc1nn(C)cc1C(C)NCCN(C)C. The molecule has 0 saturated heterocycles. The molecule has 1 N–H and O–H groups in total. The van der Waals surface area contributed by atoms with E-state index >= 15 is 0 Å². The lowest BCUT2D eigenvalue weighted by atomic mass is 10.1. The monoisotopic (exact) mass is 210 g/mol. The molecule has 0 aliphatic carbocycles. The number of aryl methyl sites for hydroxylation is 2. The second-order valence-corrected chi connectivity index (χ2v) is 4.32. The average Bonchev–Trinajstić information content (AvgIpc) is 2.44. The summed E-state index contributed by atoms with van der Waals surface area (Å²) in [6.45, 7) is 6.30. The van der Waals surface area contributed by atoms with Crippen LogP contribution in [-0.2, 0) is 7.05 Å². The fraction of sp³-hybridized carbons (Fsp3) is 0.727. The summed E-state index contributed by atoms with van der Waals surface area (Å²) >= 11 is 0. The molecule has 86 valence electrons. The van der Waals surface area contributed by atoms with Gasteiger partial charge in [0.2, 0.25) is 0 Å². The van der Waals surface area contributed by atoms with E-state index in [-0.39, 0.29) is 0 Å². The van der Waals surface area contributed by atoms with Crippen LogP contribution in [0.5, 0.6) is 0 Å². The van der Waals surface area contributed by atoms with Crippen molar-refractivity contribution in [3.8, 4) is 0 Å². The quantitative estimate of drug-likeness (QED) is 0.785. The highest BCUT2D eigenvalue weighted by molar-refractivity contribution is 5.19. The van der Waals surface area contributed by atoms with Crippen molar-refractivity contribution in [2.75, 3.05) is 27.2 Å². The number of nitrogens with one attached hydrogen (secondary N) is 1. The fourth-order valence-corrected chi connectivity index (χ4v) is 1.66. The number of likely N-dealkylation sites (N-methyl/N-ethyl adjacent to an activating group) is 1. The van der Waals surface area contributed by atoms with Gasteiger partial charge in [0.25, 0.3) is 0 Å². The van der Waals surface area contributed by atoms with Gasteiger partial charge in [-0.15, -0.1) is 0 Å². The first kappa shape index (κ1) is 12.2. The molecule has 1 aromatic rings. The van der Waals surface area contributed by atoms with E-state index in [9.17, 15) is 0 Å². The second kappa shape index (κ2) is 5.28. The first-order chi connectivity index (χ1) is 7.00. The number of hydrogen-bond acceptors (Lipinski definition) is 3. The van der Waals surface area contributed by atoms with Crippen LogP contribution in [0.2, 0.25) is 0 Å². The van der Waals surface area contributed by atoms with E-state index in [1.165, 1.54) is 5.56 Å². The lowest BCUT2D eigenvalue weighted by molar-refractivity contribution is 0.389. The minimum absolute atomic E-state index is 0.374. The summed E-state index contributed by atoms with van der Waals surface area (Å²) in [6, 6.07) is 0.374. The molecule has 1 rings (SSSR count). The Bertz CT molecular complexity index is 304. The molecule has 0 aliphatic rings. The molecule has 0 fully saturated rings. The van der Waals surface area contributed by atoms with E-state index in [1.807, 2.05) is 11.7 Å². The topological polar surface area (TPSA) is 33.1 Å². The van der Waals surface area contributed by atoms with Crippen molar-refractivity contribution in [1.29, 1.82) is 0 Å². The molecule has 0 spiro atoms. The van der Waals surface area contributed by atoms with Gasteiger partial charge in [-0.25, -0.2) is 0 Å². The van der Waals surface area contributed by atoms with Crippen LogP contribution in [0.25, 0.3) is 0 Å². The molecule has 0 aromatic carbocycles. The minimum Gasteiger partial charge on any atom is -0.309 e. The van der Waals surface area contributed by atoms with Crippen molar-refractivity contribution >= 4 is 0 Å². The summed E-state index contributed by atoms with van der Waals surface area (Å²) in [5.74, 6) is 0. The molecule has 4 nitrogen and oxygen atoms in total. The molecule has 15 heavy (non-hydrogen) atoms. The fourth-order valence-electron chi connectivity index (χ4n) is 1.66. The molecule has 1 unspecified atom stereocenters. The van der Waals surface area contributed by atoms with Crippen molar-refractivity contribution in [2.24, 2.45) is 7.05 Å². The molecule has 4 heteroatoms. The smallest absolute Gasteiger partial charge is 0.0641 e. The molecule has 0 aliphatic heterocycles. The molecule has 1 atom stereocenters. The Morgan fingerprint density at radius 1 is 1.53 bits per heavy atom. The first-order valence-electron chi connectivity index (χ1n) is 5.39. The van der Waals surface area contributed by atoms with Gasteiger partial charge in [0.1, 0.15) is 0 Å². The van der Waals surface area contributed by atoms with Crippen molar-refractivity contribution in [2.45, 2.75) is 19.9 Å². The predicted molar refractivity (Wildman–Crippen MR) is 62.9 cm³/mol. The molecule has 1 heterocycles. The number of rotatable bonds is 5. The van der Waals surface area contributed by atoms with Gasteiger partial charge in [0.05, 0.1) is 5.69 Å². The Labute approximate surface area is 92.3 Å². The van der Waals surface area contributed by atoms with Gasteiger partial charge in [-0.3, -0.25) is 4.68 Å². The standard InChI is InChI=1S/C11H22N4/c1-9(12-6-7-14(3)4)11-8-15(5)13-10(11)2/h8-9,12H,6-7H2,1-5H3. The molecule has 0 radical (unpaired) electrons. The van der Waals surface area contributed by atoms with Gasteiger partial charge < -0.3 is 10.2 Å². The van der Waals surface area contributed by atoms with E-state index in [0.29, 0.717) is 6.04 Å². The third kappa shape index (κ3) is 3.64. The Balaban J connectivity index is 2.46. The average molecular weight is 210 g/mol. The van der Waals surface area contributed by atoms with Crippen LogP contribution in [-0.4, -0.2) is 41.9 Å². The number of hydrogen-bond donors (Lipinski definition) is 1. The van der Waals surface area contributed by atoms with Crippen LogP contribution < -0.4 is 5.32 Å². The first-order valence-corrected chi connectivity index (χ1v) is 5.39. The van der Waals surface area contributed by atoms with Crippen molar-refractivity contribution < 1.29 is 0 Å².